The third-order valence-corrected chi connectivity index (χ3v) is 8.29. The van der Waals surface area contributed by atoms with Gasteiger partial charge in [-0.3, -0.25) is 9.78 Å². The molecule has 2 saturated heterocycles. The normalized spacial score (nSPS) is 22.1. The zero-order valence-corrected chi connectivity index (χ0v) is 16.1. The van der Waals surface area contributed by atoms with E-state index in [2.05, 4.69) is 4.98 Å². The molecule has 3 heterocycles. The zero-order valence-electron chi connectivity index (χ0n) is 15.3. The molecule has 8 heteroatoms. The summed E-state index contributed by atoms with van der Waals surface area (Å²) >= 11 is 0. The van der Waals surface area contributed by atoms with E-state index >= 15 is 0 Å². The van der Waals surface area contributed by atoms with Gasteiger partial charge in [0.15, 0.2) is 9.84 Å². The Balaban J connectivity index is 1.42. The summed E-state index contributed by atoms with van der Waals surface area (Å²) in [5.41, 5.74) is 1.15. The van der Waals surface area contributed by atoms with Crippen molar-refractivity contribution in [2.75, 3.05) is 25.4 Å². The number of phenols is 1. The van der Waals surface area contributed by atoms with Crippen LogP contribution in [0.4, 0.5) is 0 Å². The van der Waals surface area contributed by atoms with Crippen molar-refractivity contribution in [3.63, 3.8) is 0 Å². The molecule has 28 heavy (non-hydrogen) atoms. The van der Waals surface area contributed by atoms with Gasteiger partial charge in [-0.25, -0.2) is 8.42 Å². The van der Waals surface area contributed by atoms with Crippen LogP contribution in [0.3, 0.4) is 0 Å². The maximum Gasteiger partial charge on any atom is 0.254 e. The summed E-state index contributed by atoms with van der Waals surface area (Å²) in [6, 6.07) is 11.7. The average molecular weight is 402 g/mol. The molecular formula is C20H22N2O5S. The first kappa shape index (κ1) is 18.9. The van der Waals surface area contributed by atoms with Gasteiger partial charge in [-0.15, -0.1) is 0 Å². The highest BCUT2D eigenvalue weighted by Gasteiger charge is 2.62. The molecule has 0 saturated carbocycles. The lowest BCUT2D eigenvalue weighted by Crippen LogP contribution is -2.68. The summed E-state index contributed by atoms with van der Waals surface area (Å²) in [5.74, 6) is -0.278. The lowest BCUT2D eigenvalue weighted by molar-refractivity contribution is 0.0204. The Bertz CT molecular complexity index is 971. The highest BCUT2D eigenvalue weighted by Crippen LogP contribution is 2.45. The van der Waals surface area contributed by atoms with E-state index in [1.807, 2.05) is 18.2 Å². The van der Waals surface area contributed by atoms with Crippen LogP contribution in [0.2, 0.25) is 0 Å². The third kappa shape index (κ3) is 3.27. The molecular weight excluding hydrogens is 380 g/mol. The fourth-order valence-electron chi connectivity index (χ4n) is 4.06. The van der Waals surface area contributed by atoms with Gasteiger partial charge in [0.25, 0.3) is 5.91 Å². The molecule has 2 aromatic rings. The van der Waals surface area contributed by atoms with E-state index in [9.17, 15) is 18.3 Å². The molecule has 0 unspecified atom stereocenters. The van der Waals surface area contributed by atoms with Crippen LogP contribution < -0.4 is 0 Å². The van der Waals surface area contributed by atoms with E-state index in [1.54, 1.807) is 18.3 Å². The van der Waals surface area contributed by atoms with Gasteiger partial charge in [-0.2, -0.15) is 0 Å². The number of carbonyl (C=O) groups is 1. The number of hydrogen-bond acceptors (Lipinski definition) is 6. The standard InChI is InChI=1S/C20H22N2O5S/c23-18-6-3-4-15(10-18)19(24)22-13-20(14-22)16(7-9-28(20,25)26)11-27-12-17-5-1-2-8-21-17/h1-6,8,10,16,23H,7,9,11-14H2/t16-/m1/s1. The molecule has 2 aliphatic heterocycles. The molecule has 1 aromatic heterocycles. The van der Waals surface area contributed by atoms with Gasteiger partial charge in [0, 0.05) is 30.8 Å². The molecule has 2 aliphatic rings. The fourth-order valence-corrected chi connectivity index (χ4v) is 6.46. The summed E-state index contributed by atoms with van der Waals surface area (Å²) in [6.07, 6.45) is 2.23. The molecule has 1 atom stereocenters. The van der Waals surface area contributed by atoms with Crippen molar-refractivity contribution in [3.8, 4) is 5.75 Å². The van der Waals surface area contributed by atoms with Crippen LogP contribution in [0.5, 0.6) is 5.75 Å². The van der Waals surface area contributed by atoms with Gasteiger partial charge in [-0.1, -0.05) is 12.1 Å². The summed E-state index contributed by atoms with van der Waals surface area (Å²) in [7, 11) is -3.29. The highest BCUT2D eigenvalue weighted by molar-refractivity contribution is 7.93. The first-order valence-corrected chi connectivity index (χ1v) is 10.8. The quantitative estimate of drug-likeness (QED) is 0.817. The molecule has 1 spiro atoms. The minimum atomic E-state index is -3.29. The van der Waals surface area contributed by atoms with Crippen LogP contribution in [-0.2, 0) is 21.2 Å². The summed E-state index contributed by atoms with van der Waals surface area (Å²) < 4.78 is 30.3. The number of ether oxygens (including phenoxy) is 1. The summed E-state index contributed by atoms with van der Waals surface area (Å²) in [5, 5.41) is 9.57. The van der Waals surface area contributed by atoms with E-state index in [-0.39, 0.29) is 36.4 Å². The Hall–Kier alpha value is -2.45. The zero-order chi connectivity index (χ0) is 19.8. The molecule has 0 bridgehead atoms. The van der Waals surface area contributed by atoms with Crippen molar-refractivity contribution in [2.45, 2.75) is 17.8 Å². The largest absolute Gasteiger partial charge is 0.508 e. The molecule has 1 aromatic carbocycles. The van der Waals surface area contributed by atoms with Gasteiger partial charge in [0.05, 0.1) is 24.7 Å². The Morgan fingerprint density at radius 3 is 2.79 bits per heavy atom. The van der Waals surface area contributed by atoms with Crippen molar-refractivity contribution in [3.05, 3.63) is 59.9 Å². The number of nitrogens with zero attached hydrogens (tertiary/aromatic N) is 2. The molecule has 1 N–H and O–H groups in total. The number of rotatable bonds is 5. The van der Waals surface area contributed by atoms with Crippen LogP contribution in [0.1, 0.15) is 22.5 Å². The van der Waals surface area contributed by atoms with E-state index < -0.39 is 14.6 Å². The van der Waals surface area contributed by atoms with E-state index in [4.69, 9.17) is 4.74 Å². The van der Waals surface area contributed by atoms with E-state index in [0.29, 0.717) is 25.2 Å². The molecule has 0 radical (unpaired) electrons. The SMILES string of the molecule is O=C(c1cccc(O)c1)N1CC2(C1)[C@@H](COCc1ccccn1)CCS2(=O)=O. The monoisotopic (exact) mass is 402 g/mol. The van der Waals surface area contributed by atoms with Crippen molar-refractivity contribution in [2.24, 2.45) is 5.92 Å². The predicted molar refractivity (Wildman–Crippen MR) is 103 cm³/mol. The molecule has 2 fully saturated rings. The number of pyridine rings is 1. The Labute approximate surface area is 163 Å². The topological polar surface area (TPSA) is 96.8 Å². The lowest BCUT2D eigenvalue weighted by atomic mass is 9.83. The highest BCUT2D eigenvalue weighted by atomic mass is 32.2. The summed E-state index contributed by atoms with van der Waals surface area (Å²) in [4.78, 5) is 18.3. The first-order chi connectivity index (χ1) is 13.4. The van der Waals surface area contributed by atoms with Gasteiger partial charge >= 0.3 is 0 Å². The third-order valence-electron chi connectivity index (χ3n) is 5.69. The Morgan fingerprint density at radius 2 is 2.07 bits per heavy atom. The van der Waals surface area contributed by atoms with Crippen molar-refractivity contribution in [1.82, 2.24) is 9.88 Å². The van der Waals surface area contributed by atoms with Crippen LogP contribution in [-0.4, -0.2) is 59.5 Å². The maximum absolute atomic E-state index is 12.7. The van der Waals surface area contributed by atoms with Gasteiger partial charge < -0.3 is 14.7 Å². The Kier molecular flexibility index (Phi) is 4.84. The number of amides is 1. The van der Waals surface area contributed by atoms with Crippen LogP contribution in [0.25, 0.3) is 0 Å². The number of likely N-dealkylation sites (tertiary alicyclic amines) is 1. The van der Waals surface area contributed by atoms with E-state index in [0.717, 1.165) is 5.69 Å². The number of aromatic nitrogens is 1. The van der Waals surface area contributed by atoms with Gasteiger partial charge in [0.1, 0.15) is 10.5 Å². The number of sulfone groups is 1. The van der Waals surface area contributed by atoms with Crippen molar-refractivity contribution >= 4 is 15.7 Å². The molecule has 0 aliphatic carbocycles. The summed E-state index contributed by atoms with van der Waals surface area (Å²) in [6.45, 7) is 0.992. The van der Waals surface area contributed by atoms with Crippen molar-refractivity contribution in [1.29, 1.82) is 0 Å². The maximum atomic E-state index is 12.7. The lowest BCUT2D eigenvalue weighted by Gasteiger charge is -2.49. The second-order valence-corrected chi connectivity index (χ2v) is 9.87. The number of aromatic hydroxyl groups is 1. The van der Waals surface area contributed by atoms with E-state index in [1.165, 1.54) is 17.0 Å². The molecule has 7 nitrogen and oxygen atoms in total. The second-order valence-electron chi connectivity index (χ2n) is 7.42. The second kappa shape index (κ2) is 7.18. The predicted octanol–water partition coefficient (Wildman–Crippen LogP) is 1.63. The van der Waals surface area contributed by atoms with Crippen LogP contribution >= 0.6 is 0 Å². The number of phenolic OH excluding ortho intramolecular Hbond substituents is 1. The molecule has 148 valence electrons. The molecule has 1 amide bonds. The van der Waals surface area contributed by atoms with Gasteiger partial charge in [0.2, 0.25) is 0 Å². The number of benzene rings is 1. The smallest absolute Gasteiger partial charge is 0.254 e. The molecule has 4 rings (SSSR count). The van der Waals surface area contributed by atoms with Gasteiger partial charge in [-0.05, 0) is 36.8 Å². The number of carbonyl (C=O) groups excluding carboxylic acids is 1. The minimum Gasteiger partial charge on any atom is -0.508 e. The number of hydrogen-bond donors (Lipinski definition) is 1. The Morgan fingerprint density at radius 1 is 1.25 bits per heavy atom. The fraction of sp³-hybridized carbons (Fsp3) is 0.400. The van der Waals surface area contributed by atoms with Crippen LogP contribution in [0.15, 0.2) is 48.7 Å². The first-order valence-electron chi connectivity index (χ1n) is 9.19. The van der Waals surface area contributed by atoms with Crippen molar-refractivity contribution < 1.29 is 23.1 Å². The average Bonchev–Trinajstić information content (AvgIpc) is 2.91. The van der Waals surface area contributed by atoms with Crippen LogP contribution in [0, 0.1) is 5.92 Å². The minimum absolute atomic E-state index is 0.00960.